The van der Waals surface area contributed by atoms with Crippen LogP contribution in [0.1, 0.15) is 47.4 Å². The number of ketones is 1. The molecule has 0 saturated heterocycles. The summed E-state index contributed by atoms with van der Waals surface area (Å²) in [6.07, 6.45) is 1.97. The fourth-order valence-corrected chi connectivity index (χ4v) is 2.08. The van der Waals surface area contributed by atoms with Crippen LogP contribution in [0.2, 0.25) is 0 Å². The van der Waals surface area contributed by atoms with E-state index in [9.17, 15) is 9.90 Å². The van der Waals surface area contributed by atoms with Gasteiger partial charge in [-0.05, 0) is 30.9 Å². The van der Waals surface area contributed by atoms with Crippen LogP contribution in [0.15, 0.2) is 18.2 Å². The molecule has 2 heteroatoms. The molecule has 1 unspecified atom stereocenters. The Morgan fingerprint density at radius 2 is 2.14 bits per heavy atom. The first-order valence-corrected chi connectivity index (χ1v) is 5.03. The Kier molecular flexibility index (Phi) is 2.38. The van der Waals surface area contributed by atoms with Crippen LogP contribution in [0.25, 0.3) is 0 Å². The molecule has 1 aliphatic carbocycles. The number of fused-ring (bicyclic) bond motifs is 1. The lowest BCUT2D eigenvalue weighted by Crippen LogP contribution is -2.14. The molecule has 0 amide bonds. The molecule has 14 heavy (non-hydrogen) atoms. The predicted octanol–water partition coefficient (Wildman–Crippen LogP) is 2.26. The van der Waals surface area contributed by atoms with Gasteiger partial charge in [-0.3, -0.25) is 4.79 Å². The first kappa shape index (κ1) is 9.41. The molecule has 0 aliphatic heterocycles. The minimum Gasteiger partial charge on any atom is -0.389 e. The quantitative estimate of drug-likeness (QED) is 0.737. The topological polar surface area (TPSA) is 37.3 Å². The molecule has 1 atom stereocenters. The first-order valence-electron chi connectivity index (χ1n) is 5.03. The van der Waals surface area contributed by atoms with Crippen molar-refractivity contribution in [3.05, 3.63) is 34.9 Å². The summed E-state index contributed by atoms with van der Waals surface area (Å²) in [6.45, 7) is 1.71. The number of hydrogen-bond acceptors (Lipinski definition) is 2. The van der Waals surface area contributed by atoms with Crippen LogP contribution in [-0.2, 0) is 6.42 Å². The largest absolute Gasteiger partial charge is 0.389 e. The SMILES string of the molecule is CC(O)c1cccc2c1C(=O)CCC2. The van der Waals surface area contributed by atoms with Gasteiger partial charge in [0.15, 0.2) is 5.78 Å². The van der Waals surface area contributed by atoms with Crippen LogP contribution in [0.3, 0.4) is 0 Å². The normalized spacial score (nSPS) is 17.7. The number of Topliss-reactive ketones (excluding diaryl/α,β-unsaturated/α-hetero) is 1. The molecule has 0 radical (unpaired) electrons. The lowest BCUT2D eigenvalue weighted by molar-refractivity contribution is 0.0965. The standard InChI is InChI=1S/C12H14O2/c1-8(13)10-6-2-4-9-5-3-7-11(14)12(9)10/h2,4,6,8,13H,3,5,7H2,1H3. The second-order valence-corrected chi connectivity index (χ2v) is 3.83. The van der Waals surface area contributed by atoms with Crippen LogP contribution < -0.4 is 0 Å². The van der Waals surface area contributed by atoms with E-state index in [2.05, 4.69) is 0 Å². The van der Waals surface area contributed by atoms with Crippen molar-refractivity contribution in [1.29, 1.82) is 0 Å². The zero-order valence-corrected chi connectivity index (χ0v) is 8.29. The summed E-state index contributed by atoms with van der Waals surface area (Å²) in [5.41, 5.74) is 2.65. The van der Waals surface area contributed by atoms with E-state index in [1.165, 1.54) is 0 Å². The summed E-state index contributed by atoms with van der Waals surface area (Å²) < 4.78 is 0. The molecule has 0 bridgehead atoms. The molecule has 1 aromatic carbocycles. The maximum atomic E-state index is 11.7. The van der Waals surface area contributed by atoms with Crippen molar-refractivity contribution in [2.24, 2.45) is 0 Å². The van der Waals surface area contributed by atoms with E-state index in [1.807, 2.05) is 18.2 Å². The molecule has 0 saturated carbocycles. The molecule has 1 N–H and O–H groups in total. The minimum atomic E-state index is -0.549. The molecule has 1 aliphatic rings. The lowest BCUT2D eigenvalue weighted by Gasteiger charge is -2.19. The second-order valence-electron chi connectivity index (χ2n) is 3.83. The highest BCUT2D eigenvalue weighted by molar-refractivity contribution is 5.99. The van der Waals surface area contributed by atoms with Gasteiger partial charge in [-0.15, -0.1) is 0 Å². The van der Waals surface area contributed by atoms with Gasteiger partial charge in [0.25, 0.3) is 0 Å². The second kappa shape index (κ2) is 3.54. The third-order valence-corrected chi connectivity index (χ3v) is 2.76. The molecule has 2 rings (SSSR count). The molecule has 0 heterocycles. The Morgan fingerprint density at radius 3 is 2.86 bits per heavy atom. The number of carbonyl (C=O) groups is 1. The highest BCUT2D eigenvalue weighted by atomic mass is 16.3. The van der Waals surface area contributed by atoms with Crippen molar-refractivity contribution in [3.63, 3.8) is 0 Å². The first-order chi connectivity index (χ1) is 6.70. The predicted molar refractivity (Wildman–Crippen MR) is 54.3 cm³/mol. The number of carbonyl (C=O) groups excluding carboxylic acids is 1. The van der Waals surface area contributed by atoms with Gasteiger partial charge in [0.2, 0.25) is 0 Å². The average Bonchev–Trinajstić information content (AvgIpc) is 2.17. The van der Waals surface area contributed by atoms with Crippen molar-refractivity contribution >= 4 is 5.78 Å². The van der Waals surface area contributed by atoms with E-state index >= 15 is 0 Å². The van der Waals surface area contributed by atoms with Gasteiger partial charge in [0.1, 0.15) is 0 Å². The van der Waals surface area contributed by atoms with Gasteiger partial charge in [-0.1, -0.05) is 18.2 Å². The van der Waals surface area contributed by atoms with E-state index in [4.69, 9.17) is 0 Å². The fourth-order valence-electron chi connectivity index (χ4n) is 2.08. The van der Waals surface area contributed by atoms with Crippen LogP contribution in [-0.4, -0.2) is 10.9 Å². The molecule has 74 valence electrons. The molecule has 2 nitrogen and oxygen atoms in total. The maximum absolute atomic E-state index is 11.7. The third kappa shape index (κ3) is 1.46. The lowest BCUT2D eigenvalue weighted by atomic mass is 9.86. The van der Waals surface area contributed by atoms with E-state index in [-0.39, 0.29) is 5.78 Å². The van der Waals surface area contributed by atoms with Crippen LogP contribution in [0.4, 0.5) is 0 Å². The summed E-state index contributed by atoms with van der Waals surface area (Å²) in [5.74, 6) is 0.183. The molecular formula is C12H14O2. The van der Waals surface area contributed by atoms with E-state index in [0.717, 1.165) is 29.5 Å². The average molecular weight is 190 g/mol. The molecule has 1 aromatic rings. The van der Waals surface area contributed by atoms with Crippen LogP contribution in [0.5, 0.6) is 0 Å². The van der Waals surface area contributed by atoms with Crippen LogP contribution >= 0.6 is 0 Å². The summed E-state index contributed by atoms with van der Waals surface area (Å²) in [5, 5.41) is 9.55. The van der Waals surface area contributed by atoms with Gasteiger partial charge in [-0.2, -0.15) is 0 Å². The number of aliphatic hydroxyl groups excluding tert-OH is 1. The Bertz CT molecular complexity index is 367. The zero-order chi connectivity index (χ0) is 10.1. The summed E-state index contributed by atoms with van der Waals surface area (Å²) in [4.78, 5) is 11.7. The van der Waals surface area contributed by atoms with Crippen molar-refractivity contribution in [2.45, 2.75) is 32.3 Å². The third-order valence-electron chi connectivity index (χ3n) is 2.76. The van der Waals surface area contributed by atoms with Gasteiger partial charge in [-0.25, -0.2) is 0 Å². The van der Waals surface area contributed by atoms with Crippen molar-refractivity contribution < 1.29 is 9.90 Å². The Labute approximate surface area is 83.6 Å². The van der Waals surface area contributed by atoms with Crippen LogP contribution in [0, 0.1) is 0 Å². The summed E-state index contributed by atoms with van der Waals surface area (Å²) >= 11 is 0. The van der Waals surface area contributed by atoms with Gasteiger partial charge in [0, 0.05) is 12.0 Å². The van der Waals surface area contributed by atoms with Crippen molar-refractivity contribution in [3.8, 4) is 0 Å². The Morgan fingerprint density at radius 1 is 1.36 bits per heavy atom. The molecular weight excluding hydrogens is 176 g/mol. The zero-order valence-electron chi connectivity index (χ0n) is 8.29. The minimum absolute atomic E-state index is 0.183. The molecule has 0 spiro atoms. The van der Waals surface area contributed by atoms with E-state index < -0.39 is 6.10 Å². The number of benzene rings is 1. The van der Waals surface area contributed by atoms with Crippen molar-refractivity contribution in [2.75, 3.05) is 0 Å². The van der Waals surface area contributed by atoms with Gasteiger partial charge < -0.3 is 5.11 Å². The monoisotopic (exact) mass is 190 g/mol. The summed E-state index contributed by atoms with van der Waals surface area (Å²) in [7, 11) is 0. The molecule has 0 fully saturated rings. The number of hydrogen-bond donors (Lipinski definition) is 1. The highest BCUT2D eigenvalue weighted by Crippen LogP contribution is 2.27. The smallest absolute Gasteiger partial charge is 0.163 e. The molecule has 0 aromatic heterocycles. The Balaban J connectivity index is 2.57. The Hall–Kier alpha value is -1.15. The fraction of sp³-hybridized carbons (Fsp3) is 0.417. The van der Waals surface area contributed by atoms with Gasteiger partial charge in [0.05, 0.1) is 6.10 Å². The van der Waals surface area contributed by atoms with E-state index in [1.54, 1.807) is 6.92 Å². The van der Waals surface area contributed by atoms with Gasteiger partial charge >= 0.3 is 0 Å². The highest BCUT2D eigenvalue weighted by Gasteiger charge is 2.21. The number of rotatable bonds is 1. The summed E-state index contributed by atoms with van der Waals surface area (Å²) in [6, 6.07) is 5.74. The van der Waals surface area contributed by atoms with E-state index in [0.29, 0.717) is 6.42 Å². The number of aryl methyl sites for hydroxylation is 1. The maximum Gasteiger partial charge on any atom is 0.163 e. The number of aliphatic hydroxyl groups is 1. The van der Waals surface area contributed by atoms with Crippen molar-refractivity contribution in [1.82, 2.24) is 0 Å².